The van der Waals surface area contributed by atoms with Crippen LogP contribution in [0.5, 0.6) is 0 Å². The molecule has 1 aromatic carbocycles. The first-order chi connectivity index (χ1) is 10.2. The van der Waals surface area contributed by atoms with E-state index in [4.69, 9.17) is 0 Å². The molecule has 1 fully saturated rings. The number of nitrogens with one attached hydrogen (secondary N) is 2. The Labute approximate surface area is 124 Å². The van der Waals surface area contributed by atoms with Crippen LogP contribution >= 0.6 is 0 Å². The summed E-state index contributed by atoms with van der Waals surface area (Å²) in [5, 5.41) is 10.9. The third-order valence-electron chi connectivity index (χ3n) is 4.14. The number of carbonyl (C=O) groups is 1. The lowest BCUT2D eigenvalue weighted by molar-refractivity contribution is 0.0940. The third-order valence-corrected chi connectivity index (χ3v) is 4.14. The summed E-state index contributed by atoms with van der Waals surface area (Å²) in [6, 6.07) is 7.69. The highest BCUT2D eigenvalue weighted by atomic mass is 16.1. The molecule has 1 amide bonds. The number of fused-ring (bicyclic) bond motifs is 1. The number of aromatic nitrogens is 2. The average Bonchev–Trinajstić information content (AvgIpc) is 2.91. The molecule has 1 aliphatic heterocycles. The van der Waals surface area contributed by atoms with Crippen LogP contribution in [-0.4, -0.2) is 47.2 Å². The molecular weight excluding hydrogens is 264 g/mol. The van der Waals surface area contributed by atoms with Crippen LogP contribution in [0.1, 0.15) is 30.3 Å². The maximum absolute atomic E-state index is 12.2. The number of rotatable bonds is 4. The molecule has 0 unspecified atom stereocenters. The van der Waals surface area contributed by atoms with Crippen molar-refractivity contribution in [2.24, 2.45) is 5.92 Å². The molecule has 0 saturated carbocycles. The van der Waals surface area contributed by atoms with E-state index in [0.29, 0.717) is 12.2 Å². The summed E-state index contributed by atoms with van der Waals surface area (Å²) in [6.45, 7) is 6.17. The van der Waals surface area contributed by atoms with Crippen LogP contribution in [0.25, 0.3) is 10.9 Å². The van der Waals surface area contributed by atoms with Crippen molar-refractivity contribution >= 4 is 16.8 Å². The van der Waals surface area contributed by atoms with E-state index in [1.54, 1.807) is 0 Å². The highest BCUT2D eigenvalue weighted by Crippen LogP contribution is 2.15. The molecule has 0 spiro atoms. The standard InChI is InChI=1S/C16H22N4O/c1-12-5-4-9-20(11-12)10-8-17-16(21)15-13-6-2-3-7-14(13)18-19-15/h2-3,6-7,12H,4-5,8-11H2,1H3,(H,17,21)(H,18,19)/t12-/m0/s1. The predicted octanol–water partition coefficient (Wildman–Crippen LogP) is 2.02. The number of nitrogens with zero attached hydrogens (tertiary/aromatic N) is 2. The summed E-state index contributed by atoms with van der Waals surface area (Å²) in [7, 11) is 0. The second-order valence-electron chi connectivity index (χ2n) is 5.92. The maximum Gasteiger partial charge on any atom is 0.272 e. The Hall–Kier alpha value is -1.88. The lowest BCUT2D eigenvalue weighted by Gasteiger charge is -2.30. The average molecular weight is 286 g/mol. The zero-order chi connectivity index (χ0) is 14.7. The van der Waals surface area contributed by atoms with Gasteiger partial charge in [-0.2, -0.15) is 5.10 Å². The van der Waals surface area contributed by atoms with Gasteiger partial charge in [-0.15, -0.1) is 0 Å². The highest BCUT2D eigenvalue weighted by molar-refractivity contribution is 6.04. The van der Waals surface area contributed by atoms with Gasteiger partial charge in [-0.3, -0.25) is 9.89 Å². The van der Waals surface area contributed by atoms with Crippen molar-refractivity contribution < 1.29 is 4.79 Å². The topological polar surface area (TPSA) is 61.0 Å². The fourth-order valence-electron chi connectivity index (χ4n) is 3.04. The number of amides is 1. The van der Waals surface area contributed by atoms with Crippen LogP contribution in [0.2, 0.25) is 0 Å². The number of piperidine rings is 1. The van der Waals surface area contributed by atoms with Crippen molar-refractivity contribution in [2.45, 2.75) is 19.8 Å². The van der Waals surface area contributed by atoms with Crippen LogP contribution in [0, 0.1) is 5.92 Å². The van der Waals surface area contributed by atoms with E-state index in [2.05, 4.69) is 27.3 Å². The number of H-pyrrole nitrogens is 1. The van der Waals surface area contributed by atoms with E-state index in [0.717, 1.165) is 36.5 Å². The minimum atomic E-state index is -0.0995. The summed E-state index contributed by atoms with van der Waals surface area (Å²) in [4.78, 5) is 14.6. The van der Waals surface area contributed by atoms with Crippen LogP contribution in [0.4, 0.5) is 0 Å². The van der Waals surface area contributed by atoms with Gasteiger partial charge in [0.1, 0.15) is 0 Å². The van der Waals surface area contributed by atoms with Gasteiger partial charge in [-0.05, 0) is 31.4 Å². The molecule has 2 heterocycles. The number of likely N-dealkylation sites (tertiary alicyclic amines) is 1. The molecule has 21 heavy (non-hydrogen) atoms. The van der Waals surface area contributed by atoms with Crippen molar-refractivity contribution in [3.8, 4) is 0 Å². The van der Waals surface area contributed by atoms with Gasteiger partial charge in [-0.25, -0.2) is 0 Å². The van der Waals surface area contributed by atoms with Crippen LogP contribution in [0.15, 0.2) is 24.3 Å². The van der Waals surface area contributed by atoms with Crippen molar-refractivity contribution in [1.29, 1.82) is 0 Å². The van der Waals surface area contributed by atoms with Crippen molar-refractivity contribution in [1.82, 2.24) is 20.4 Å². The van der Waals surface area contributed by atoms with Crippen LogP contribution < -0.4 is 5.32 Å². The van der Waals surface area contributed by atoms with Crippen LogP contribution in [-0.2, 0) is 0 Å². The van der Waals surface area contributed by atoms with E-state index in [1.807, 2.05) is 24.3 Å². The quantitative estimate of drug-likeness (QED) is 0.904. The molecule has 1 atom stereocenters. The number of benzene rings is 1. The molecule has 5 heteroatoms. The Bertz CT molecular complexity index is 622. The Balaban J connectivity index is 1.54. The monoisotopic (exact) mass is 286 g/mol. The van der Waals surface area contributed by atoms with Crippen molar-refractivity contribution in [3.63, 3.8) is 0 Å². The van der Waals surface area contributed by atoms with Gasteiger partial charge in [-0.1, -0.05) is 25.1 Å². The normalized spacial score (nSPS) is 19.8. The summed E-state index contributed by atoms with van der Waals surface area (Å²) >= 11 is 0. The number of hydrogen-bond acceptors (Lipinski definition) is 3. The summed E-state index contributed by atoms with van der Waals surface area (Å²) < 4.78 is 0. The lowest BCUT2D eigenvalue weighted by Crippen LogP contribution is -2.40. The highest BCUT2D eigenvalue weighted by Gasteiger charge is 2.17. The smallest absolute Gasteiger partial charge is 0.272 e. The van der Waals surface area contributed by atoms with E-state index in [-0.39, 0.29) is 5.91 Å². The van der Waals surface area contributed by atoms with Crippen LogP contribution in [0.3, 0.4) is 0 Å². The van der Waals surface area contributed by atoms with E-state index >= 15 is 0 Å². The molecule has 1 aliphatic rings. The zero-order valence-corrected chi connectivity index (χ0v) is 12.4. The van der Waals surface area contributed by atoms with Gasteiger partial charge < -0.3 is 10.2 Å². The Morgan fingerprint density at radius 1 is 1.48 bits per heavy atom. The van der Waals surface area contributed by atoms with Gasteiger partial charge in [0, 0.05) is 25.0 Å². The molecule has 5 nitrogen and oxygen atoms in total. The molecular formula is C16H22N4O. The summed E-state index contributed by atoms with van der Waals surface area (Å²) in [5.41, 5.74) is 1.38. The number of hydrogen-bond donors (Lipinski definition) is 2. The predicted molar refractivity (Wildman–Crippen MR) is 83.3 cm³/mol. The Morgan fingerprint density at radius 3 is 3.19 bits per heavy atom. The van der Waals surface area contributed by atoms with Gasteiger partial charge in [0.05, 0.1) is 5.52 Å². The fraction of sp³-hybridized carbons (Fsp3) is 0.500. The summed E-state index contributed by atoms with van der Waals surface area (Å²) in [6.07, 6.45) is 2.58. The molecule has 0 radical (unpaired) electrons. The minimum Gasteiger partial charge on any atom is -0.349 e. The van der Waals surface area contributed by atoms with Gasteiger partial charge >= 0.3 is 0 Å². The fourth-order valence-corrected chi connectivity index (χ4v) is 3.04. The molecule has 2 aromatic rings. The van der Waals surface area contributed by atoms with Crippen molar-refractivity contribution in [2.75, 3.05) is 26.2 Å². The Morgan fingerprint density at radius 2 is 2.33 bits per heavy atom. The van der Waals surface area contributed by atoms with Gasteiger partial charge in [0.2, 0.25) is 0 Å². The number of carbonyl (C=O) groups excluding carboxylic acids is 1. The molecule has 1 saturated heterocycles. The largest absolute Gasteiger partial charge is 0.349 e. The second-order valence-corrected chi connectivity index (χ2v) is 5.92. The van der Waals surface area contributed by atoms with E-state index < -0.39 is 0 Å². The molecule has 2 N–H and O–H groups in total. The number of aromatic amines is 1. The maximum atomic E-state index is 12.2. The third kappa shape index (κ3) is 3.24. The zero-order valence-electron chi connectivity index (χ0n) is 12.4. The first kappa shape index (κ1) is 14.1. The minimum absolute atomic E-state index is 0.0995. The molecule has 3 rings (SSSR count). The first-order valence-corrected chi connectivity index (χ1v) is 7.67. The molecule has 0 aliphatic carbocycles. The second kappa shape index (κ2) is 6.26. The summed E-state index contributed by atoms with van der Waals surface area (Å²) in [5.74, 6) is 0.669. The SMILES string of the molecule is C[C@H]1CCCN(CCNC(=O)c2n[nH]c3ccccc23)C1. The molecule has 0 bridgehead atoms. The number of para-hydroxylation sites is 1. The van der Waals surface area contributed by atoms with E-state index in [1.165, 1.54) is 12.8 Å². The van der Waals surface area contributed by atoms with Gasteiger partial charge in [0.25, 0.3) is 5.91 Å². The van der Waals surface area contributed by atoms with Gasteiger partial charge in [0.15, 0.2) is 5.69 Å². The lowest BCUT2D eigenvalue weighted by atomic mass is 10.0. The van der Waals surface area contributed by atoms with E-state index in [9.17, 15) is 4.79 Å². The Kier molecular flexibility index (Phi) is 4.20. The molecule has 112 valence electrons. The van der Waals surface area contributed by atoms with Crippen molar-refractivity contribution in [3.05, 3.63) is 30.0 Å². The molecule has 1 aromatic heterocycles. The first-order valence-electron chi connectivity index (χ1n) is 7.67.